The molecule has 1 aromatic heterocycles. The van der Waals surface area contributed by atoms with E-state index in [1.54, 1.807) is 0 Å². The number of nitrogens with zero attached hydrogens (tertiary/aromatic N) is 2. The van der Waals surface area contributed by atoms with E-state index in [4.69, 9.17) is 0 Å². The molecule has 1 aliphatic rings. The molecular formula is C13H21N3. The summed E-state index contributed by atoms with van der Waals surface area (Å²) < 4.78 is 0. The van der Waals surface area contributed by atoms with Crippen LogP contribution in [0.15, 0.2) is 6.07 Å². The lowest BCUT2D eigenvalue weighted by Gasteiger charge is -2.23. The second-order valence-electron chi connectivity index (χ2n) is 4.60. The van der Waals surface area contributed by atoms with Gasteiger partial charge in [-0.05, 0) is 38.8 Å². The molecule has 0 radical (unpaired) electrons. The Labute approximate surface area is 97.7 Å². The minimum atomic E-state index is 0.618. The fourth-order valence-corrected chi connectivity index (χ4v) is 2.33. The minimum Gasteiger partial charge on any atom is -0.314 e. The van der Waals surface area contributed by atoms with Crippen LogP contribution in [0.2, 0.25) is 0 Å². The predicted molar refractivity (Wildman–Crippen MR) is 65.5 cm³/mol. The molecule has 3 heteroatoms. The average molecular weight is 219 g/mol. The van der Waals surface area contributed by atoms with E-state index in [-0.39, 0.29) is 0 Å². The molecule has 0 bridgehead atoms. The fraction of sp³-hybridized carbons (Fsp3) is 0.692. The Morgan fingerprint density at radius 3 is 2.81 bits per heavy atom. The monoisotopic (exact) mass is 219 g/mol. The normalized spacial score (nSPS) is 21.0. The maximum atomic E-state index is 4.52. The van der Waals surface area contributed by atoms with Gasteiger partial charge in [0.2, 0.25) is 0 Å². The van der Waals surface area contributed by atoms with Gasteiger partial charge in [0.15, 0.2) is 0 Å². The lowest BCUT2D eigenvalue weighted by Crippen LogP contribution is -2.35. The third-order valence-corrected chi connectivity index (χ3v) is 3.17. The molecule has 1 saturated heterocycles. The van der Waals surface area contributed by atoms with Crippen molar-refractivity contribution < 1.29 is 0 Å². The summed E-state index contributed by atoms with van der Waals surface area (Å²) in [7, 11) is 0. The highest BCUT2D eigenvalue weighted by Crippen LogP contribution is 2.12. The molecule has 88 valence electrons. The zero-order valence-corrected chi connectivity index (χ0v) is 10.3. The van der Waals surface area contributed by atoms with Crippen LogP contribution in [0.1, 0.15) is 43.4 Å². The molecule has 1 fully saturated rings. The third-order valence-electron chi connectivity index (χ3n) is 3.17. The molecule has 0 spiro atoms. The summed E-state index contributed by atoms with van der Waals surface area (Å²) in [6, 6.07) is 2.77. The van der Waals surface area contributed by atoms with E-state index in [0.29, 0.717) is 6.04 Å². The first-order chi connectivity index (χ1) is 7.78. The van der Waals surface area contributed by atoms with Crippen LogP contribution in [0.5, 0.6) is 0 Å². The summed E-state index contributed by atoms with van der Waals surface area (Å²) in [6.45, 7) is 5.29. The largest absolute Gasteiger partial charge is 0.314 e. The minimum absolute atomic E-state index is 0.618. The highest BCUT2D eigenvalue weighted by molar-refractivity contribution is 5.12. The first-order valence-corrected chi connectivity index (χ1v) is 6.34. The number of hydrogen-bond acceptors (Lipinski definition) is 3. The topological polar surface area (TPSA) is 37.8 Å². The number of aromatic nitrogens is 2. The van der Waals surface area contributed by atoms with Gasteiger partial charge in [0.1, 0.15) is 5.82 Å². The molecule has 1 N–H and O–H groups in total. The summed E-state index contributed by atoms with van der Waals surface area (Å²) >= 11 is 0. The van der Waals surface area contributed by atoms with Gasteiger partial charge in [-0.15, -0.1) is 0 Å². The molecule has 2 heterocycles. The van der Waals surface area contributed by atoms with Crippen molar-refractivity contribution in [1.29, 1.82) is 0 Å². The summed E-state index contributed by atoms with van der Waals surface area (Å²) in [5.74, 6) is 0.908. The third kappa shape index (κ3) is 3.01. The molecule has 1 aromatic rings. The standard InChI is InChI=1S/C13H21N3/c1-3-11-8-13(16-10(2)15-11)9-12-6-4-5-7-14-12/h8,12,14H,3-7,9H2,1-2H3. The molecule has 0 amide bonds. The van der Waals surface area contributed by atoms with Crippen molar-refractivity contribution in [1.82, 2.24) is 15.3 Å². The van der Waals surface area contributed by atoms with Crippen molar-refractivity contribution in [3.8, 4) is 0 Å². The van der Waals surface area contributed by atoms with Crippen LogP contribution in [0.25, 0.3) is 0 Å². The van der Waals surface area contributed by atoms with E-state index in [0.717, 1.165) is 25.2 Å². The average Bonchev–Trinajstić information content (AvgIpc) is 2.29. The van der Waals surface area contributed by atoms with Gasteiger partial charge in [0, 0.05) is 23.9 Å². The first kappa shape index (κ1) is 11.5. The summed E-state index contributed by atoms with van der Waals surface area (Å²) in [4.78, 5) is 8.94. The molecule has 16 heavy (non-hydrogen) atoms. The second-order valence-corrected chi connectivity index (χ2v) is 4.60. The van der Waals surface area contributed by atoms with E-state index in [9.17, 15) is 0 Å². The van der Waals surface area contributed by atoms with E-state index >= 15 is 0 Å². The van der Waals surface area contributed by atoms with Gasteiger partial charge in [-0.2, -0.15) is 0 Å². The number of nitrogens with one attached hydrogen (secondary N) is 1. The summed E-state index contributed by atoms with van der Waals surface area (Å²) in [5, 5.41) is 3.56. The number of hydrogen-bond donors (Lipinski definition) is 1. The first-order valence-electron chi connectivity index (χ1n) is 6.34. The van der Waals surface area contributed by atoms with Gasteiger partial charge < -0.3 is 5.32 Å². The number of piperidine rings is 1. The number of rotatable bonds is 3. The van der Waals surface area contributed by atoms with Crippen molar-refractivity contribution in [2.75, 3.05) is 6.54 Å². The van der Waals surface area contributed by atoms with Crippen molar-refractivity contribution in [2.24, 2.45) is 0 Å². The smallest absolute Gasteiger partial charge is 0.125 e. The van der Waals surface area contributed by atoms with Crippen molar-refractivity contribution in [3.05, 3.63) is 23.3 Å². The molecular weight excluding hydrogens is 198 g/mol. The maximum Gasteiger partial charge on any atom is 0.125 e. The molecule has 3 nitrogen and oxygen atoms in total. The van der Waals surface area contributed by atoms with Crippen LogP contribution in [0.3, 0.4) is 0 Å². The summed E-state index contributed by atoms with van der Waals surface area (Å²) in [6.07, 6.45) is 6.00. The Bertz CT molecular complexity index is 343. The SMILES string of the molecule is CCc1cc(CC2CCCCN2)nc(C)n1. The van der Waals surface area contributed by atoms with Gasteiger partial charge in [-0.25, -0.2) is 9.97 Å². The molecule has 0 aliphatic carbocycles. The zero-order chi connectivity index (χ0) is 11.4. The Morgan fingerprint density at radius 1 is 1.31 bits per heavy atom. The molecule has 1 atom stereocenters. The van der Waals surface area contributed by atoms with E-state index in [2.05, 4.69) is 28.3 Å². The highest BCUT2D eigenvalue weighted by Gasteiger charge is 2.14. The molecule has 1 unspecified atom stereocenters. The maximum absolute atomic E-state index is 4.52. The second kappa shape index (κ2) is 5.39. The van der Waals surface area contributed by atoms with Gasteiger partial charge in [0.25, 0.3) is 0 Å². The van der Waals surface area contributed by atoms with E-state index in [1.165, 1.54) is 30.7 Å². The molecule has 1 aliphatic heterocycles. The Morgan fingerprint density at radius 2 is 2.12 bits per heavy atom. The van der Waals surface area contributed by atoms with Gasteiger partial charge in [0.05, 0.1) is 0 Å². The predicted octanol–water partition coefficient (Wildman–Crippen LogP) is 2.03. The van der Waals surface area contributed by atoms with E-state index in [1.807, 2.05) is 6.92 Å². The van der Waals surface area contributed by atoms with Crippen LogP contribution in [-0.4, -0.2) is 22.6 Å². The van der Waals surface area contributed by atoms with Crippen molar-refractivity contribution >= 4 is 0 Å². The fourth-order valence-electron chi connectivity index (χ4n) is 2.33. The van der Waals surface area contributed by atoms with Crippen LogP contribution in [-0.2, 0) is 12.8 Å². The van der Waals surface area contributed by atoms with E-state index < -0.39 is 0 Å². The Kier molecular flexibility index (Phi) is 3.88. The lowest BCUT2D eigenvalue weighted by molar-refractivity contribution is 0.396. The quantitative estimate of drug-likeness (QED) is 0.845. The molecule has 2 rings (SSSR count). The van der Waals surface area contributed by atoms with Crippen molar-refractivity contribution in [3.63, 3.8) is 0 Å². The Hall–Kier alpha value is -0.960. The van der Waals surface area contributed by atoms with Gasteiger partial charge >= 0.3 is 0 Å². The van der Waals surface area contributed by atoms with Crippen LogP contribution in [0.4, 0.5) is 0 Å². The Balaban J connectivity index is 2.04. The van der Waals surface area contributed by atoms with Crippen LogP contribution in [0, 0.1) is 6.92 Å². The van der Waals surface area contributed by atoms with Crippen LogP contribution < -0.4 is 5.32 Å². The highest BCUT2D eigenvalue weighted by atomic mass is 14.9. The van der Waals surface area contributed by atoms with Crippen LogP contribution >= 0.6 is 0 Å². The zero-order valence-electron chi connectivity index (χ0n) is 10.3. The van der Waals surface area contributed by atoms with Gasteiger partial charge in [-0.3, -0.25) is 0 Å². The number of aryl methyl sites for hydroxylation is 2. The lowest BCUT2D eigenvalue weighted by atomic mass is 10.00. The molecule has 0 aromatic carbocycles. The van der Waals surface area contributed by atoms with Gasteiger partial charge in [-0.1, -0.05) is 13.3 Å². The summed E-state index contributed by atoms with van der Waals surface area (Å²) in [5.41, 5.74) is 2.36. The molecule has 0 saturated carbocycles. The van der Waals surface area contributed by atoms with Crippen molar-refractivity contribution in [2.45, 2.75) is 52.0 Å².